The molecule has 0 saturated heterocycles. The third-order valence-electron chi connectivity index (χ3n) is 5.16. The van der Waals surface area contributed by atoms with Gasteiger partial charge in [0.25, 0.3) is 0 Å². The van der Waals surface area contributed by atoms with Gasteiger partial charge in [-0.25, -0.2) is 4.79 Å². The van der Waals surface area contributed by atoms with Gasteiger partial charge in [-0.1, -0.05) is 60.7 Å². The molecular formula is C24H22BrN3O2. The van der Waals surface area contributed by atoms with Crippen LogP contribution in [0.15, 0.2) is 83.3 Å². The number of para-hydroxylation sites is 2. The maximum Gasteiger partial charge on any atom is 0.319 e. The number of nitrogens with one attached hydrogen (secondary N) is 2. The lowest BCUT2D eigenvalue weighted by molar-refractivity contribution is -0.120. The van der Waals surface area contributed by atoms with Gasteiger partial charge in [0.1, 0.15) is 6.04 Å². The summed E-state index contributed by atoms with van der Waals surface area (Å²) in [5.74, 6) is -0.105. The highest BCUT2D eigenvalue weighted by Gasteiger charge is 2.31. The summed E-state index contributed by atoms with van der Waals surface area (Å²) in [6, 6.07) is 23.9. The number of urea groups is 1. The molecule has 1 atom stereocenters. The van der Waals surface area contributed by atoms with Crippen molar-refractivity contribution in [2.24, 2.45) is 0 Å². The molecule has 1 heterocycles. The van der Waals surface area contributed by atoms with Gasteiger partial charge in [0.2, 0.25) is 5.91 Å². The second kappa shape index (κ2) is 9.13. The van der Waals surface area contributed by atoms with Crippen LogP contribution in [0.1, 0.15) is 11.1 Å². The monoisotopic (exact) mass is 463 g/mol. The van der Waals surface area contributed by atoms with Crippen LogP contribution in [-0.4, -0.2) is 24.5 Å². The van der Waals surface area contributed by atoms with E-state index < -0.39 is 12.1 Å². The van der Waals surface area contributed by atoms with E-state index in [2.05, 4.69) is 26.6 Å². The molecule has 0 aromatic heterocycles. The summed E-state index contributed by atoms with van der Waals surface area (Å²) in [4.78, 5) is 27.9. The number of fused-ring (bicyclic) bond motifs is 1. The summed E-state index contributed by atoms with van der Waals surface area (Å²) in [5, 5.41) is 5.71. The predicted octanol–water partition coefficient (Wildman–Crippen LogP) is 4.77. The highest BCUT2D eigenvalue weighted by atomic mass is 79.9. The molecule has 0 fully saturated rings. The van der Waals surface area contributed by atoms with Crippen LogP contribution in [-0.2, 0) is 17.6 Å². The van der Waals surface area contributed by atoms with Gasteiger partial charge in [-0.15, -0.1) is 0 Å². The van der Waals surface area contributed by atoms with Crippen LogP contribution >= 0.6 is 15.9 Å². The lowest BCUT2D eigenvalue weighted by Crippen LogP contribution is -2.50. The van der Waals surface area contributed by atoms with Gasteiger partial charge in [-0.3, -0.25) is 4.79 Å². The molecule has 1 aliphatic rings. The van der Waals surface area contributed by atoms with Crippen LogP contribution in [0.4, 0.5) is 16.2 Å². The molecule has 152 valence electrons. The Labute approximate surface area is 184 Å². The molecule has 0 spiro atoms. The van der Waals surface area contributed by atoms with Crippen LogP contribution < -0.4 is 15.5 Å². The third-order valence-corrected chi connectivity index (χ3v) is 5.85. The summed E-state index contributed by atoms with van der Waals surface area (Å²) >= 11 is 3.43. The fourth-order valence-corrected chi connectivity index (χ4v) is 4.07. The van der Waals surface area contributed by atoms with Crippen LogP contribution in [0.2, 0.25) is 0 Å². The zero-order chi connectivity index (χ0) is 20.9. The largest absolute Gasteiger partial charge is 0.326 e. The Kier molecular flexibility index (Phi) is 6.14. The zero-order valence-electron chi connectivity index (χ0n) is 16.3. The molecule has 3 amide bonds. The summed E-state index contributed by atoms with van der Waals surface area (Å²) < 4.78 is 0.777. The van der Waals surface area contributed by atoms with Crippen LogP contribution in [0.3, 0.4) is 0 Å². The molecule has 3 aromatic carbocycles. The Morgan fingerprint density at radius 2 is 1.63 bits per heavy atom. The quantitative estimate of drug-likeness (QED) is 0.572. The summed E-state index contributed by atoms with van der Waals surface area (Å²) in [6.45, 7) is 0.622. The fraction of sp³-hybridized carbons (Fsp3) is 0.167. The number of carbonyl (C=O) groups excluding carboxylic acids is 2. The summed E-state index contributed by atoms with van der Waals surface area (Å²) in [7, 11) is 0. The minimum Gasteiger partial charge on any atom is -0.326 e. The first-order chi connectivity index (χ1) is 14.6. The van der Waals surface area contributed by atoms with Gasteiger partial charge < -0.3 is 15.5 Å². The van der Waals surface area contributed by atoms with Crippen molar-refractivity contribution in [2.45, 2.75) is 18.9 Å². The molecule has 0 radical (unpaired) electrons. The second-order valence-electron chi connectivity index (χ2n) is 7.19. The lowest BCUT2D eigenvalue weighted by atomic mass is 10.0. The number of anilines is 2. The normalized spacial score (nSPS) is 13.4. The van der Waals surface area contributed by atoms with Gasteiger partial charge >= 0.3 is 6.03 Å². The molecular weight excluding hydrogens is 442 g/mol. The van der Waals surface area contributed by atoms with E-state index >= 15 is 0 Å². The number of benzene rings is 3. The summed E-state index contributed by atoms with van der Waals surface area (Å²) in [5.41, 5.74) is 3.72. The highest BCUT2D eigenvalue weighted by molar-refractivity contribution is 9.10. The van der Waals surface area contributed by atoms with Crippen LogP contribution in [0, 0.1) is 0 Å². The molecule has 0 saturated carbocycles. The van der Waals surface area contributed by atoms with E-state index in [1.807, 2.05) is 72.8 Å². The third kappa shape index (κ3) is 4.54. The van der Waals surface area contributed by atoms with Crippen LogP contribution in [0.25, 0.3) is 0 Å². The first-order valence-corrected chi connectivity index (χ1v) is 10.7. The number of halogens is 1. The minimum absolute atomic E-state index is 0.105. The maximum absolute atomic E-state index is 13.4. The number of rotatable bonds is 5. The van der Waals surface area contributed by atoms with Crippen molar-refractivity contribution in [2.75, 3.05) is 16.8 Å². The van der Waals surface area contributed by atoms with E-state index in [1.54, 1.807) is 11.0 Å². The van der Waals surface area contributed by atoms with Gasteiger partial charge in [0.05, 0.1) is 5.69 Å². The Morgan fingerprint density at radius 1 is 0.933 bits per heavy atom. The molecule has 5 nitrogen and oxygen atoms in total. The fourth-order valence-electron chi connectivity index (χ4n) is 3.68. The highest BCUT2D eigenvalue weighted by Crippen LogP contribution is 2.28. The van der Waals surface area contributed by atoms with Crippen molar-refractivity contribution in [3.63, 3.8) is 0 Å². The summed E-state index contributed by atoms with van der Waals surface area (Å²) in [6.07, 6.45) is 1.24. The minimum atomic E-state index is -0.680. The van der Waals surface area contributed by atoms with E-state index in [0.29, 0.717) is 18.7 Å². The number of hydrogen-bond donors (Lipinski definition) is 2. The Bertz CT molecular complexity index is 1060. The molecule has 0 aliphatic carbocycles. The molecule has 3 aromatic rings. The number of carbonyl (C=O) groups is 2. The van der Waals surface area contributed by atoms with Gasteiger partial charge in [0.15, 0.2) is 0 Å². The topological polar surface area (TPSA) is 61.4 Å². The van der Waals surface area contributed by atoms with Crippen molar-refractivity contribution >= 4 is 39.2 Å². The van der Waals surface area contributed by atoms with E-state index in [9.17, 15) is 9.59 Å². The average Bonchev–Trinajstić information content (AvgIpc) is 3.19. The first-order valence-electron chi connectivity index (χ1n) is 9.87. The Balaban J connectivity index is 1.54. The molecule has 0 bridgehead atoms. The lowest BCUT2D eigenvalue weighted by Gasteiger charge is -2.25. The smallest absolute Gasteiger partial charge is 0.319 e. The molecule has 2 N–H and O–H groups in total. The van der Waals surface area contributed by atoms with E-state index in [4.69, 9.17) is 0 Å². The SMILES string of the molecule is O=C(Nc1ccccc1Br)N[C@@H](Cc1ccccc1)C(=O)N1CCc2ccccc21. The Morgan fingerprint density at radius 3 is 2.43 bits per heavy atom. The molecule has 1 aliphatic heterocycles. The van der Waals surface area contributed by atoms with Crippen molar-refractivity contribution in [1.82, 2.24) is 5.32 Å². The standard InChI is InChI=1S/C24H22BrN3O2/c25-19-11-5-6-12-20(19)26-24(30)27-21(16-17-8-2-1-3-9-17)23(29)28-15-14-18-10-4-7-13-22(18)28/h1-13,21H,14-16H2,(H2,26,27,30)/t21-/m0/s1. The van der Waals surface area contributed by atoms with E-state index in [1.165, 1.54) is 0 Å². The second-order valence-corrected chi connectivity index (χ2v) is 8.04. The van der Waals surface area contributed by atoms with Crippen molar-refractivity contribution in [3.8, 4) is 0 Å². The van der Waals surface area contributed by atoms with Gasteiger partial charge in [-0.05, 0) is 51.7 Å². The van der Waals surface area contributed by atoms with Crippen molar-refractivity contribution < 1.29 is 9.59 Å². The predicted molar refractivity (Wildman–Crippen MR) is 123 cm³/mol. The molecule has 30 heavy (non-hydrogen) atoms. The van der Waals surface area contributed by atoms with E-state index in [-0.39, 0.29) is 5.91 Å². The number of amides is 3. The van der Waals surface area contributed by atoms with Gasteiger partial charge in [-0.2, -0.15) is 0 Å². The molecule has 0 unspecified atom stereocenters. The van der Waals surface area contributed by atoms with E-state index in [0.717, 1.165) is 27.7 Å². The first kappa shape index (κ1) is 20.2. The maximum atomic E-state index is 13.4. The van der Waals surface area contributed by atoms with Crippen molar-refractivity contribution in [3.05, 3.63) is 94.5 Å². The van der Waals surface area contributed by atoms with Crippen molar-refractivity contribution in [1.29, 1.82) is 0 Å². The molecule has 6 heteroatoms. The van der Waals surface area contributed by atoms with Gasteiger partial charge in [0, 0.05) is 23.1 Å². The number of nitrogens with zero attached hydrogens (tertiary/aromatic N) is 1. The molecule has 4 rings (SSSR count). The Hall–Kier alpha value is -3.12. The van der Waals surface area contributed by atoms with Crippen LogP contribution in [0.5, 0.6) is 0 Å². The number of hydrogen-bond acceptors (Lipinski definition) is 2. The zero-order valence-corrected chi connectivity index (χ0v) is 17.9. The average molecular weight is 464 g/mol.